The van der Waals surface area contributed by atoms with E-state index in [9.17, 15) is 14.9 Å². The second-order valence-electron chi connectivity index (χ2n) is 7.97. The second kappa shape index (κ2) is 11.0. The number of amides is 1. The van der Waals surface area contributed by atoms with Gasteiger partial charge >= 0.3 is 0 Å². The van der Waals surface area contributed by atoms with Gasteiger partial charge in [0.1, 0.15) is 10.7 Å². The Balaban J connectivity index is 2.59. The molecule has 1 heterocycles. The highest BCUT2D eigenvalue weighted by Gasteiger charge is 2.16. The second-order valence-corrected chi connectivity index (χ2v) is 9.00. The molecular weight excluding hydrogens is 414 g/mol. The molecule has 0 aliphatic heterocycles. The van der Waals surface area contributed by atoms with Gasteiger partial charge in [0, 0.05) is 20.8 Å². The number of benzene rings is 1. The Morgan fingerprint density at radius 1 is 1.19 bits per heavy atom. The third-order valence-electron chi connectivity index (χ3n) is 4.65. The number of carbonyl (C=O) groups is 1. The lowest BCUT2D eigenvalue weighted by Crippen LogP contribution is -2.36. The van der Waals surface area contributed by atoms with Crippen LogP contribution in [0.25, 0.3) is 11.6 Å². The zero-order chi connectivity index (χ0) is 23.0. The maximum Gasteiger partial charge on any atom is 0.269 e. The van der Waals surface area contributed by atoms with Crippen molar-refractivity contribution in [1.29, 1.82) is 5.26 Å². The first-order valence-electron chi connectivity index (χ1n) is 9.95. The smallest absolute Gasteiger partial charge is 0.269 e. The molecule has 0 saturated heterocycles. The van der Waals surface area contributed by atoms with Crippen molar-refractivity contribution >= 4 is 28.9 Å². The Kier molecular flexibility index (Phi) is 8.75. The van der Waals surface area contributed by atoms with Crippen molar-refractivity contribution in [2.24, 2.45) is 0 Å². The lowest BCUT2D eigenvalue weighted by molar-refractivity contribution is -0.115. The first kappa shape index (κ1) is 24.5. The number of hydrogen-bond donors (Lipinski definition) is 1. The summed E-state index contributed by atoms with van der Waals surface area (Å²) in [6, 6.07) is 9.96. The predicted octanol–water partition coefficient (Wildman–Crippen LogP) is 1.12. The molecule has 0 bridgehead atoms. The van der Waals surface area contributed by atoms with Crippen LogP contribution >= 0.6 is 11.3 Å². The number of thiazole rings is 1. The molecule has 1 N–H and O–H groups in total. The number of ether oxygens (including phenoxy) is 2. The summed E-state index contributed by atoms with van der Waals surface area (Å²) in [7, 11) is 3.06. The number of nitrogens with one attached hydrogen (secondary N) is 1. The molecule has 0 saturated carbocycles. The van der Waals surface area contributed by atoms with Gasteiger partial charge in [-0.1, -0.05) is 45.0 Å². The van der Waals surface area contributed by atoms with Crippen molar-refractivity contribution in [2.75, 3.05) is 34.0 Å². The van der Waals surface area contributed by atoms with Crippen LogP contribution < -0.4 is 20.1 Å². The van der Waals surface area contributed by atoms with Crippen molar-refractivity contribution < 1.29 is 14.3 Å². The van der Waals surface area contributed by atoms with Crippen LogP contribution in [0, 0.1) is 11.3 Å². The minimum absolute atomic E-state index is 0.0360. The van der Waals surface area contributed by atoms with Gasteiger partial charge in [-0.25, -0.2) is 0 Å². The zero-order valence-corrected chi connectivity index (χ0v) is 19.5. The summed E-state index contributed by atoms with van der Waals surface area (Å²) < 4.78 is 12.2. The van der Waals surface area contributed by atoms with E-state index in [-0.39, 0.29) is 36.2 Å². The highest BCUT2D eigenvalue weighted by Crippen LogP contribution is 2.22. The first-order valence-corrected chi connectivity index (χ1v) is 10.8. The van der Waals surface area contributed by atoms with Gasteiger partial charge in [-0.3, -0.25) is 14.2 Å². The normalized spacial score (nSPS) is 13.1. The Morgan fingerprint density at radius 2 is 1.84 bits per heavy atom. The van der Waals surface area contributed by atoms with Gasteiger partial charge in [-0.05, 0) is 22.6 Å². The summed E-state index contributed by atoms with van der Waals surface area (Å²) in [4.78, 5) is 25.6. The van der Waals surface area contributed by atoms with Crippen molar-refractivity contribution in [3.05, 3.63) is 54.9 Å². The summed E-state index contributed by atoms with van der Waals surface area (Å²) in [5.41, 5.74) is 1.75. The highest BCUT2D eigenvalue weighted by atomic mass is 32.1. The quantitative estimate of drug-likeness (QED) is 0.617. The van der Waals surface area contributed by atoms with E-state index in [0.29, 0.717) is 15.8 Å². The summed E-state index contributed by atoms with van der Waals surface area (Å²) in [6.07, 6.45) is 1.78. The summed E-state index contributed by atoms with van der Waals surface area (Å²) in [6.45, 7) is 7.55. The Morgan fingerprint density at radius 3 is 2.39 bits per heavy atom. The van der Waals surface area contributed by atoms with E-state index in [1.54, 1.807) is 6.08 Å². The maximum atomic E-state index is 13.0. The molecule has 0 aliphatic carbocycles. The van der Waals surface area contributed by atoms with Gasteiger partial charge in [0.2, 0.25) is 0 Å². The average molecular weight is 444 g/mol. The predicted molar refractivity (Wildman–Crippen MR) is 122 cm³/mol. The van der Waals surface area contributed by atoms with Crippen LogP contribution in [0.4, 0.5) is 0 Å². The van der Waals surface area contributed by atoms with Gasteiger partial charge in [0.05, 0.1) is 24.3 Å². The highest BCUT2D eigenvalue weighted by molar-refractivity contribution is 7.07. The van der Waals surface area contributed by atoms with Gasteiger partial charge < -0.3 is 14.8 Å². The van der Waals surface area contributed by atoms with Crippen LogP contribution in [0.3, 0.4) is 0 Å². The van der Waals surface area contributed by atoms with Crippen LogP contribution in [0.1, 0.15) is 31.9 Å². The molecule has 0 radical (unpaired) electrons. The van der Waals surface area contributed by atoms with E-state index in [0.717, 1.165) is 16.9 Å². The lowest BCUT2D eigenvalue weighted by Gasteiger charge is -2.18. The fourth-order valence-corrected chi connectivity index (χ4v) is 4.00. The van der Waals surface area contributed by atoms with Gasteiger partial charge in [0.15, 0.2) is 5.57 Å². The molecule has 7 nitrogen and oxygen atoms in total. The lowest BCUT2D eigenvalue weighted by atomic mass is 9.87. The first-order chi connectivity index (χ1) is 14.7. The molecule has 0 unspecified atom stereocenters. The molecule has 166 valence electrons. The summed E-state index contributed by atoms with van der Waals surface area (Å²) >= 11 is 1.13. The number of hydrogen-bond acceptors (Lipinski definition) is 6. The van der Waals surface area contributed by atoms with Crippen LogP contribution in [-0.2, 0) is 26.2 Å². The molecule has 0 atom stereocenters. The Bertz CT molecular complexity index is 1120. The van der Waals surface area contributed by atoms with Crippen molar-refractivity contribution in [2.45, 2.75) is 32.7 Å². The van der Waals surface area contributed by atoms with Crippen LogP contribution in [0.2, 0.25) is 0 Å². The number of nitrogens with zero attached hydrogens (tertiary/aromatic N) is 2. The molecule has 1 aromatic heterocycles. The third-order valence-corrected chi connectivity index (χ3v) is 5.78. The minimum Gasteiger partial charge on any atom is -0.383 e. The van der Waals surface area contributed by atoms with Crippen molar-refractivity contribution in [3.63, 3.8) is 0 Å². The molecule has 0 spiro atoms. The molecule has 8 heteroatoms. The number of carbonyl (C=O) groups excluding carboxylic acids is 1. The molecule has 2 rings (SSSR count). The number of nitriles is 1. The molecule has 0 aliphatic rings. The van der Waals surface area contributed by atoms with Crippen LogP contribution in [-0.4, -0.2) is 44.5 Å². The summed E-state index contributed by atoms with van der Waals surface area (Å²) in [5.74, 6) is -0.534. The molecule has 2 aromatic rings. The number of rotatable bonds is 8. The largest absolute Gasteiger partial charge is 0.383 e. The molecule has 0 fully saturated rings. The fraction of sp³-hybridized carbons (Fsp3) is 0.435. The molecule has 31 heavy (non-hydrogen) atoms. The average Bonchev–Trinajstić information content (AvgIpc) is 3.02. The fourth-order valence-electron chi connectivity index (χ4n) is 2.87. The van der Waals surface area contributed by atoms with Gasteiger partial charge in [0.25, 0.3) is 11.5 Å². The summed E-state index contributed by atoms with van der Waals surface area (Å²) in [5, 5.41) is 12.3. The van der Waals surface area contributed by atoms with E-state index in [1.165, 1.54) is 24.4 Å². The number of methoxy groups -OCH3 is 2. The molecule has 1 aromatic carbocycles. The van der Waals surface area contributed by atoms with E-state index < -0.39 is 5.91 Å². The van der Waals surface area contributed by atoms with Gasteiger partial charge in [-0.2, -0.15) is 5.26 Å². The van der Waals surface area contributed by atoms with Crippen LogP contribution in [0.5, 0.6) is 0 Å². The minimum atomic E-state index is -0.534. The Labute approximate surface area is 186 Å². The van der Waals surface area contributed by atoms with E-state index >= 15 is 0 Å². The van der Waals surface area contributed by atoms with Gasteiger partial charge in [-0.15, -0.1) is 11.3 Å². The van der Waals surface area contributed by atoms with E-state index in [1.807, 2.05) is 30.3 Å². The molecule has 1 amide bonds. The standard InChI is InChI=1S/C23H29N3O4S/c1-23(2,3)17-8-6-16(7-9-17)14-19-21(28)26(11-13-30-5)22(31-19)18(15-24)20(27)25-10-12-29-4/h6-9,14H,10-13H2,1-5H3,(H,25,27)/b19-14-,22-18-. The maximum absolute atomic E-state index is 13.0. The van der Waals surface area contributed by atoms with E-state index in [4.69, 9.17) is 9.47 Å². The Hall–Kier alpha value is -2.73. The monoisotopic (exact) mass is 443 g/mol. The van der Waals surface area contributed by atoms with E-state index in [2.05, 4.69) is 26.1 Å². The molecular formula is C23H29N3O4S. The van der Waals surface area contributed by atoms with Crippen molar-refractivity contribution in [1.82, 2.24) is 9.88 Å². The zero-order valence-electron chi connectivity index (χ0n) is 18.7. The van der Waals surface area contributed by atoms with Crippen molar-refractivity contribution in [3.8, 4) is 6.07 Å². The third kappa shape index (κ3) is 6.37. The SMILES string of the molecule is COCCNC(=O)/C(C#N)=c1\s/c(=C\c2ccc(C(C)(C)C)cc2)c(=O)n1CCOC. The van der Waals surface area contributed by atoms with Crippen LogP contribution in [0.15, 0.2) is 29.1 Å². The number of aromatic nitrogens is 1. The topological polar surface area (TPSA) is 93.4 Å².